The van der Waals surface area contributed by atoms with E-state index in [1.165, 1.54) is 11.1 Å². The van der Waals surface area contributed by atoms with Gasteiger partial charge in [-0.15, -0.1) is 0 Å². The highest BCUT2D eigenvalue weighted by molar-refractivity contribution is 5.28. The summed E-state index contributed by atoms with van der Waals surface area (Å²) in [5, 5.41) is 6.84. The lowest BCUT2D eigenvalue weighted by atomic mass is 9.92. The van der Waals surface area contributed by atoms with Crippen molar-refractivity contribution in [2.75, 3.05) is 14.1 Å². The second-order valence-electron chi connectivity index (χ2n) is 4.43. The average molecular weight is 240 g/mol. The van der Waals surface area contributed by atoms with Crippen LogP contribution in [0.1, 0.15) is 11.1 Å². The third-order valence-electron chi connectivity index (χ3n) is 3.43. The molecule has 2 rings (SSSR count). The SMILES string of the molecule is CNC(Cc1ccccc1)(NC)c1ccccc1. The molecule has 2 aromatic carbocycles. The van der Waals surface area contributed by atoms with E-state index < -0.39 is 0 Å². The molecule has 2 heteroatoms. The maximum Gasteiger partial charge on any atom is 0.0986 e. The van der Waals surface area contributed by atoms with Crippen LogP contribution in [0.25, 0.3) is 0 Å². The molecule has 2 N–H and O–H groups in total. The van der Waals surface area contributed by atoms with Crippen molar-refractivity contribution in [2.24, 2.45) is 0 Å². The molecule has 0 saturated heterocycles. The molecule has 0 aliphatic carbocycles. The largest absolute Gasteiger partial charge is 0.298 e. The third kappa shape index (κ3) is 2.61. The molecule has 2 nitrogen and oxygen atoms in total. The van der Waals surface area contributed by atoms with Gasteiger partial charge in [-0.3, -0.25) is 10.6 Å². The summed E-state index contributed by atoms with van der Waals surface area (Å²) < 4.78 is 0. The van der Waals surface area contributed by atoms with Gasteiger partial charge >= 0.3 is 0 Å². The van der Waals surface area contributed by atoms with Crippen LogP contribution in [0.5, 0.6) is 0 Å². The fourth-order valence-electron chi connectivity index (χ4n) is 2.32. The lowest BCUT2D eigenvalue weighted by Gasteiger charge is -2.34. The lowest BCUT2D eigenvalue weighted by molar-refractivity contribution is 0.300. The van der Waals surface area contributed by atoms with Crippen molar-refractivity contribution in [3.8, 4) is 0 Å². The van der Waals surface area contributed by atoms with Gasteiger partial charge in [0.2, 0.25) is 0 Å². The monoisotopic (exact) mass is 240 g/mol. The van der Waals surface area contributed by atoms with Crippen molar-refractivity contribution in [2.45, 2.75) is 12.1 Å². The van der Waals surface area contributed by atoms with Crippen LogP contribution in [-0.4, -0.2) is 14.1 Å². The molecule has 0 radical (unpaired) electrons. The summed E-state index contributed by atoms with van der Waals surface area (Å²) in [6.07, 6.45) is 0.908. The molecular formula is C16H20N2. The maximum atomic E-state index is 3.42. The molecule has 2 aromatic rings. The Balaban J connectivity index is 2.33. The normalized spacial score (nSPS) is 11.4. The molecule has 0 amide bonds. The van der Waals surface area contributed by atoms with Crippen LogP contribution in [-0.2, 0) is 12.1 Å². The molecule has 0 aliphatic heterocycles. The number of hydrogen-bond donors (Lipinski definition) is 2. The van der Waals surface area contributed by atoms with Crippen molar-refractivity contribution >= 4 is 0 Å². The van der Waals surface area contributed by atoms with Crippen LogP contribution in [0, 0.1) is 0 Å². The molecule has 0 saturated carbocycles. The molecule has 0 bridgehead atoms. The van der Waals surface area contributed by atoms with E-state index in [2.05, 4.69) is 59.2 Å². The first-order chi connectivity index (χ1) is 8.80. The van der Waals surface area contributed by atoms with Crippen molar-refractivity contribution < 1.29 is 0 Å². The molecule has 0 heterocycles. The number of rotatable bonds is 5. The van der Waals surface area contributed by atoms with Gasteiger partial charge in [-0.05, 0) is 25.2 Å². The zero-order chi connectivity index (χ0) is 12.8. The number of benzene rings is 2. The summed E-state index contributed by atoms with van der Waals surface area (Å²) >= 11 is 0. The summed E-state index contributed by atoms with van der Waals surface area (Å²) in [7, 11) is 3.98. The Kier molecular flexibility index (Phi) is 4.13. The van der Waals surface area contributed by atoms with Crippen LogP contribution in [0.3, 0.4) is 0 Å². The molecule has 0 unspecified atom stereocenters. The van der Waals surface area contributed by atoms with Gasteiger partial charge in [0.25, 0.3) is 0 Å². The highest BCUT2D eigenvalue weighted by Gasteiger charge is 2.28. The molecule has 0 spiro atoms. The first-order valence-electron chi connectivity index (χ1n) is 6.28. The Morgan fingerprint density at radius 3 is 1.78 bits per heavy atom. The van der Waals surface area contributed by atoms with Crippen molar-refractivity contribution in [1.29, 1.82) is 0 Å². The van der Waals surface area contributed by atoms with E-state index in [9.17, 15) is 0 Å². The Labute approximate surface area is 109 Å². The van der Waals surface area contributed by atoms with Gasteiger partial charge in [0.15, 0.2) is 0 Å². The van der Waals surface area contributed by atoms with Gasteiger partial charge in [0.1, 0.15) is 0 Å². The second-order valence-corrected chi connectivity index (χ2v) is 4.43. The van der Waals surface area contributed by atoms with E-state index in [-0.39, 0.29) is 5.66 Å². The molecular weight excluding hydrogens is 220 g/mol. The minimum Gasteiger partial charge on any atom is -0.298 e. The average Bonchev–Trinajstić information content (AvgIpc) is 2.47. The molecule has 18 heavy (non-hydrogen) atoms. The molecule has 0 atom stereocenters. The van der Waals surface area contributed by atoms with E-state index >= 15 is 0 Å². The molecule has 94 valence electrons. The van der Waals surface area contributed by atoms with E-state index in [0.29, 0.717) is 0 Å². The summed E-state index contributed by atoms with van der Waals surface area (Å²) in [5.41, 5.74) is 2.34. The summed E-state index contributed by atoms with van der Waals surface area (Å²) in [4.78, 5) is 0. The number of nitrogens with one attached hydrogen (secondary N) is 2. The standard InChI is InChI=1S/C16H20N2/c1-17-16(18-2,15-11-7-4-8-12-15)13-14-9-5-3-6-10-14/h3-12,17-18H,13H2,1-2H3. The fraction of sp³-hybridized carbons (Fsp3) is 0.250. The van der Waals surface area contributed by atoms with E-state index in [4.69, 9.17) is 0 Å². The minimum atomic E-state index is -0.220. The second kappa shape index (κ2) is 5.80. The Morgan fingerprint density at radius 2 is 1.28 bits per heavy atom. The Hall–Kier alpha value is -1.64. The quantitative estimate of drug-likeness (QED) is 0.785. The molecule has 0 aliphatic rings. The number of likely N-dealkylation sites (N-methyl/N-ethyl adjacent to an activating group) is 2. The first-order valence-corrected chi connectivity index (χ1v) is 6.28. The third-order valence-corrected chi connectivity index (χ3v) is 3.43. The maximum absolute atomic E-state index is 3.42. The van der Waals surface area contributed by atoms with Gasteiger partial charge in [0, 0.05) is 6.42 Å². The van der Waals surface area contributed by atoms with Crippen LogP contribution in [0.4, 0.5) is 0 Å². The van der Waals surface area contributed by atoms with Crippen molar-refractivity contribution in [3.05, 3.63) is 71.8 Å². The predicted octanol–water partition coefficient (Wildman–Crippen LogP) is 2.52. The van der Waals surface area contributed by atoms with Crippen molar-refractivity contribution in [3.63, 3.8) is 0 Å². The van der Waals surface area contributed by atoms with E-state index in [1.54, 1.807) is 0 Å². The fourth-order valence-corrected chi connectivity index (χ4v) is 2.32. The van der Waals surface area contributed by atoms with Crippen molar-refractivity contribution in [1.82, 2.24) is 10.6 Å². The van der Waals surface area contributed by atoms with Crippen LogP contribution in [0.15, 0.2) is 60.7 Å². The van der Waals surface area contributed by atoms with E-state index in [1.807, 2.05) is 26.2 Å². The Bertz CT molecular complexity index is 461. The van der Waals surface area contributed by atoms with Crippen LogP contribution < -0.4 is 10.6 Å². The van der Waals surface area contributed by atoms with Crippen LogP contribution >= 0.6 is 0 Å². The van der Waals surface area contributed by atoms with Gasteiger partial charge in [0.05, 0.1) is 5.66 Å². The molecule has 0 fully saturated rings. The van der Waals surface area contributed by atoms with Gasteiger partial charge < -0.3 is 0 Å². The topological polar surface area (TPSA) is 24.1 Å². The summed E-state index contributed by atoms with van der Waals surface area (Å²) in [6.45, 7) is 0. The lowest BCUT2D eigenvalue weighted by Crippen LogP contribution is -2.52. The summed E-state index contributed by atoms with van der Waals surface area (Å²) in [5.74, 6) is 0. The van der Waals surface area contributed by atoms with E-state index in [0.717, 1.165) is 6.42 Å². The van der Waals surface area contributed by atoms with Gasteiger partial charge in [-0.1, -0.05) is 60.7 Å². The zero-order valence-corrected chi connectivity index (χ0v) is 11.0. The highest BCUT2D eigenvalue weighted by Crippen LogP contribution is 2.22. The summed E-state index contributed by atoms with van der Waals surface area (Å²) in [6, 6.07) is 21.0. The minimum absolute atomic E-state index is 0.220. The zero-order valence-electron chi connectivity index (χ0n) is 11.0. The first kappa shape index (κ1) is 12.8. The predicted molar refractivity (Wildman–Crippen MR) is 76.4 cm³/mol. The Morgan fingerprint density at radius 1 is 0.778 bits per heavy atom. The van der Waals surface area contributed by atoms with Crippen LogP contribution in [0.2, 0.25) is 0 Å². The molecule has 0 aromatic heterocycles. The van der Waals surface area contributed by atoms with Gasteiger partial charge in [-0.2, -0.15) is 0 Å². The highest BCUT2D eigenvalue weighted by atomic mass is 15.2. The number of hydrogen-bond acceptors (Lipinski definition) is 2. The van der Waals surface area contributed by atoms with Gasteiger partial charge in [-0.25, -0.2) is 0 Å². The smallest absolute Gasteiger partial charge is 0.0986 e.